The third-order valence-corrected chi connectivity index (χ3v) is 3.46. The van der Waals surface area contributed by atoms with Gasteiger partial charge in [0.1, 0.15) is 0 Å². The van der Waals surface area contributed by atoms with Crippen molar-refractivity contribution in [3.05, 3.63) is 65.9 Å². The fraction of sp³-hybridized carbons (Fsp3) is 0.0556. The molecule has 0 spiro atoms. The summed E-state index contributed by atoms with van der Waals surface area (Å²) in [7, 11) is 0. The van der Waals surface area contributed by atoms with E-state index in [1.165, 1.54) is 0 Å². The van der Waals surface area contributed by atoms with Crippen LogP contribution >= 0.6 is 0 Å². The Kier molecular flexibility index (Phi) is 2.82. The average Bonchev–Trinajstić information content (AvgIpc) is 3.00. The van der Waals surface area contributed by atoms with E-state index >= 15 is 0 Å². The number of hydrogen-bond acceptors (Lipinski definition) is 3. The lowest BCUT2D eigenvalue weighted by molar-refractivity contribution is 0.174. The molecule has 0 N–H and O–H groups in total. The van der Waals surface area contributed by atoms with E-state index in [-0.39, 0.29) is 0 Å². The molecule has 1 aliphatic rings. The van der Waals surface area contributed by atoms with E-state index in [9.17, 15) is 0 Å². The van der Waals surface area contributed by atoms with Crippen molar-refractivity contribution in [3.8, 4) is 11.5 Å². The van der Waals surface area contributed by atoms with Crippen LogP contribution in [0.1, 0.15) is 11.3 Å². The van der Waals surface area contributed by atoms with Crippen molar-refractivity contribution in [1.29, 1.82) is 0 Å². The third-order valence-electron chi connectivity index (χ3n) is 3.46. The van der Waals surface area contributed by atoms with Gasteiger partial charge in [0.25, 0.3) is 0 Å². The Morgan fingerprint density at radius 1 is 0.857 bits per heavy atom. The molecule has 0 radical (unpaired) electrons. The zero-order valence-corrected chi connectivity index (χ0v) is 11.3. The molecule has 0 amide bonds. The van der Waals surface area contributed by atoms with Crippen molar-refractivity contribution >= 4 is 23.1 Å². The van der Waals surface area contributed by atoms with E-state index in [1.54, 1.807) is 0 Å². The van der Waals surface area contributed by atoms with E-state index in [4.69, 9.17) is 9.47 Å². The molecule has 0 saturated heterocycles. The summed E-state index contributed by atoms with van der Waals surface area (Å²) in [6.45, 7) is 0.300. The zero-order chi connectivity index (χ0) is 14.1. The Morgan fingerprint density at radius 3 is 2.76 bits per heavy atom. The molecule has 3 nitrogen and oxygen atoms in total. The molecule has 4 rings (SSSR count). The molecular formula is C18H13NO2. The van der Waals surface area contributed by atoms with Gasteiger partial charge in [0, 0.05) is 5.39 Å². The second-order valence-electron chi connectivity index (χ2n) is 4.87. The van der Waals surface area contributed by atoms with Crippen molar-refractivity contribution < 1.29 is 9.47 Å². The van der Waals surface area contributed by atoms with Crippen LogP contribution in [-0.2, 0) is 0 Å². The van der Waals surface area contributed by atoms with E-state index in [0.717, 1.165) is 33.7 Å². The summed E-state index contributed by atoms with van der Waals surface area (Å²) >= 11 is 0. The summed E-state index contributed by atoms with van der Waals surface area (Å²) in [5.74, 6) is 1.60. The molecule has 21 heavy (non-hydrogen) atoms. The molecule has 1 aromatic heterocycles. The highest BCUT2D eigenvalue weighted by Gasteiger charge is 2.12. The number of rotatable bonds is 2. The SMILES string of the molecule is C(=C/c1ccc2ccccc2n1)/c1ccc2c(c1)OCO2. The maximum atomic E-state index is 5.38. The number of fused-ring (bicyclic) bond motifs is 2. The largest absolute Gasteiger partial charge is 0.454 e. The van der Waals surface area contributed by atoms with E-state index in [1.807, 2.05) is 54.6 Å². The van der Waals surface area contributed by atoms with Gasteiger partial charge in [-0.3, -0.25) is 0 Å². The summed E-state index contributed by atoms with van der Waals surface area (Å²) in [5.41, 5.74) is 3.01. The van der Waals surface area contributed by atoms with Gasteiger partial charge in [-0.15, -0.1) is 0 Å². The van der Waals surface area contributed by atoms with Gasteiger partial charge in [0.05, 0.1) is 11.2 Å². The lowest BCUT2D eigenvalue weighted by Crippen LogP contribution is -1.92. The molecule has 102 valence electrons. The smallest absolute Gasteiger partial charge is 0.231 e. The van der Waals surface area contributed by atoms with Crippen molar-refractivity contribution in [2.75, 3.05) is 6.79 Å². The Balaban J connectivity index is 1.64. The maximum Gasteiger partial charge on any atom is 0.231 e. The standard InChI is InChI=1S/C18H13NO2/c1-2-4-16-14(3-1)7-9-15(19-16)8-5-13-6-10-17-18(11-13)21-12-20-17/h1-11H,12H2/b8-5-. The monoisotopic (exact) mass is 275 g/mol. The Hall–Kier alpha value is -2.81. The first-order valence-electron chi connectivity index (χ1n) is 6.82. The van der Waals surface area contributed by atoms with Gasteiger partial charge >= 0.3 is 0 Å². The molecule has 2 aromatic carbocycles. The topological polar surface area (TPSA) is 31.4 Å². The van der Waals surface area contributed by atoms with Gasteiger partial charge in [-0.2, -0.15) is 0 Å². The predicted molar refractivity (Wildman–Crippen MR) is 83.2 cm³/mol. The van der Waals surface area contributed by atoms with Crippen LogP contribution in [0.25, 0.3) is 23.1 Å². The molecule has 2 heterocycles. The third kappa shape index (κ3) is 2.34. The molecule has 0 atom stereocenters. The molecule has 0 unspecified atom stereocenters. The molecule has 0 bridgehead atoms. The molecular weight excluding hydrogens is 262 g/mol. The molecule has 0 fully saturated rings. The molecule has 0 aliphatic carbocycles. The quantitative estimate of drug-likeness (QED) is 0.704. The summed E-state index contributed by atoms with van der Waals surface area (Å²) in [5, 5.41) is 1.15. The number of nitrogens with zero attached hydrogens (tertiary/aromatic N) is 1. The van der Waals surface area contributed by atoms with Crippen LogP contribution in [0.2, 0.25) is 0 Å². The Bertz CT molecular complexity index is 839. The Morgan fingerprint density at radius 2 is 1.76 bits per heavy atom. The minimum atomic E-state index is 0.300. The normalized spacial score (nSPS) is 13.1. The summed E-state index contributed by atoms with van der Waals surface area (Å²) in [4.78, 5) is 4.62. The Labute approximate surface area is 122 Å². The summed E-state index contributed by atoms with van der Waals surface area (Å²) in [6, 6.07) is 18.1. The zero-order valence-electron chi connectivity index (χ0n) is 11.3. The van der Waals surface area contributed by atoms with Crippen LogP contribution in [0.4, 0.5) is 0 Å². The van der Waals surface area contributed by atoms with Crippen molar-refractivity contribution in [2.45, 2.75) is 0 Å². The molecule has 1 aliphatic heterocycles. The molecule has 3 aromatic rings. The number of hydrogen-bond donors (Lipinski definition) is 0. The van der Waals surface area contributed by atoms with Gasteiger partial charge < -0.3 is 9.47 Å². The first-order valence-corrected chi connectivity index (χ1v) is 6.82. The predicted octanol–water partition coefficient (Wildman–Crippen LogP) is 4.13. The van der Waals surface area contributed by atoms with Crippen LogP contribution in [0.15, 0.2) is 54.6 Å². The van der Waals surface area contributed by atoms with E-state index in [0.29, 0.717) is 6.79 Å². The fourth-order valence-electron chi connectivity index (χ4n) is 2.37. The highest BCUT2D eigenvalue weighted by Crippen LogP contribution is 2.32. The number of pyridine rings is 1. The van der Waals surface area contributed by atoms with Gasteiger partial charge in [0.15, 0.2) is 11.5 Å². The van der Waals surface area contributed by atoms with Crippen LogP contribution in [0.5, 0.6) is 11.5 Å². The average molecular weight is 275 g/mol. The van der Waals surface area contributed by atoms with E-state index < -0.39 is 0 Å². The summed E-state index contributed by atoms with van der Waals surface area (Å²) in [6.07, 6.45) is 4.03. The first kappa shape index (κ1) is 12.0. The van der Waals surface area contributed by atoms with Gasteiger partial charge in [0.2, 0.25) is 6.79 Å². The van der Waals surface area contributed by atoms with E-state index in [2.05, 4.69) is 17.1 Å². The summed E-state index contributed by atoms with van der Waals surface area (Å²) < 4.78 is 10.7. The van der Waals surface area contributed by atoms with Crippen molar-refractivity contribution in [1.82, 2.24) is 4.98 Å². The molecule has 3 heteroatoms. The second-order valence-corrected chi connectivity index (χ2v) is 4.87. The van der Waals surface area contributed by atoms with Gasteiger partial charge in [-0.1, -0.05) is 36.4 Å². The van der Waals surface area contributed by atoms with Crippen LogP contribution in [0, 0.1) is 0 Å². The van der Waals surface area contributed by atoms with Crippen molar-refractivity contribution in [2.24, 2.45) is 0 Å². The van der Waals surface area contributed by atoms with Crippen LogP contribution in [0.3, 0.4) is 0 Å². The lowest BCUT2D eigenvalue weighted by Gasteiger charge is -1.99. The highest BCUT2D eigenvalue weighted by atomic mass is 16.7. The first-order chi connectivity index (χ1) is 10.4. The number of ether oxygens (including phenoxy) is 2. The fourth-order valence-corrected chi connectivity index (χ4v) is 2.37. The minimum Gasteiger partial charge on any atom is -0.454 e. The number of para-hydroxylation sites is 1. The van der Waals surface area contributed by atoms with Crippen LogP contribution in [-0.4, -0.2) is 11.8 Å². The van der Waals surface area contributed by atoms with Gasteiger partial charge in [-0.05, 0) is 35.9 Å². The molecule has 0 saturated carbocycles. The lowest BCUT2D eigenvalue weighted by atomic mass is 10.1. The minimum absolute atomic E-state index is 0.300. The van der Waals surface area contributed by atoms with Crippen LogP contribution < -0.4 is 9.47 Å². The maximum absolute atomic E-state index is 5.38. The number of aromatic nitrogens is 1. The highest BCUT2D eigenvalue weighted by molar-refractivity contribution is 5.80. The van der Waals surface area contributed by atoms with Crippen molar-refractivity contribution in [3.63, 3.8) is 0 Å². The van der Waals surface area contributed by atoms with Gasteiger partial charge in [-0.25, -0.2) is 4.98 Å². The second kappa shape index (κ2) is 4.94. The number of benzene rings is 2.